The molecule has 1 N–H and O–H groups in total. The van der Waals surface area contributed by atoms with E-state index in [9.17, 15) is 14.4 Å². The van der Waals surface area contributed by atoms with E-state index in [1.807, 2.05) is 11.4 Å². The van der Waals surface area contributed by atoms with Crippen LogP contribution in [0.1, 0.15) is 9.67 Å². The number of carbonyl (C=O) groups is 2. The maximum atomic E-state index is 12.5. The van der Waals surface area contributed by atoms with Gasteiger partial charge in [0, 0.05) is 9.92 Å². The number of amides is 1. The van der Waals surface area contributed by atoms with Crippen molar-refractivity contribution in [2.45, 2.75) is 10.9 Å². The summed E-state index contributed by atoms with van der Waals surface area (Å²) in [6.45, 7) is 0. The molecule has 1 amide bonds. The van der Waals surface area contributed by atoms with Gasteiger partial charge in [0.05, 0.1) is 10.6 Å². The van der Waals surface area contributed by atoms with E-state index in [0.29, 0.717) is 9.90 Å². The zero-order valence-corrected chi connectivity index (χ0v) is 14.3. The Morgan fingerprint density at radius 3 is 2.74 bits per heavy atom. The number of hydrogen-bond donors (Lipinski definition) is 1. The topological polar surface area (TPSA) is 66.5 Å². The number of carbonyl (C=O) groups excluding carboxylic acids is 2. The zero-order valence-electron chi connectivity index (χ0n) is 11.9. The van der Waals surface area contributed by atoms with Crippen LogP contribution in [0.25, 0.3) is 0 Å². The Balaban J connectivity index is 1.89. The molecule has 5 nitrogen and oxygen atoms in total. The minimum Gasteiger partial charge on any atom is -0.321 e. The van der Waals surface area contributed by atoms with Crippen LogP contribution in [0.3, 0.4) is 0 Å². The Morgan fingerprint density at radius 1 is 1.22 bits per heavy atom. The fourth-order valence-electron chi connectivity index (χ4n) is 2.18. The van der Waals surface area contributed by atoms with Crippen molar-refractivity contribution < 1.29 is 9.59 Å². The summed E-state index contributed by atoms with van der Waals surface area (Å²) in [6, 6.07) is 6.53. The smallest absolute Gasteiger partial charge is 0.250 e. The standard InChI is InChI=1S/C15H11ClN2O3S2/c1-18-12(13(20)14-11(23-18)6-7-22-14)15(21)17-9-4-2-8(16)3-5-10(9)19/h2-7,12H,1H3,(H,17,19,21). The van der Waals surface area contributed by atoms with Crippen LogP contribution in [-0.4, -0.2) is 29.1 Å². The van der Waals surface area contributed by atoms with Gasteiger partial charge >= 0.3 is 0 Å². The highest BCUT2D eigenvalue weighted by Crippen LogP contribution is 2.37. The van der Waals surface area contributed by atoms with Crippen LogP contribution in [0.5, 0.6) is 0 Å². The maximum absolute atomic E-state index is 12.5. The number of hydrogen-bond acceptors (Lipinski definition) is 6. The maximum Gasteiger partial charge on any atom is 0.250 e. The van der Waals surface area contributed by atoms with Crippen molar-refractivity contribution in [3.63, 3.8) is 0 Å². The molecule has 0 bridgehead atoms. The van der Waals surface area contributed by atoms with E-state index in [4.69, 9.17) is 11.6 Å². The first-order chi connectivity index (χ1) is 11.0. The summed E-state index contributed by atoms with van der Waals surface area (Å²) in [7, 11) is 1.67. The minimum absolute atomic E-state index is 0.0880. The lowest BCUT2D eigenvalue weighted by molar-refractivity contribution is -0.118. The van der Waals surface area contributed by atoms with Gasteiger partial charge in [0.15, 0.2) is 6.04 Å². The number of ketones is 1. The number of thiophene rings is 1. The molecule has 8 heteroatoms. The number of halogens is 1. The number of Topliss-reactive ketones (excluding diaryl/α,β-unsaturated/α-hetero) is 1. The second-order valence-corrected chi connectivity index (χ2v) is 7.39. The van der Waals surface area contributed by atoms with Gasteiger partial charge < -0.3 is 5.32 Å². The second kappa shape index (κ2) is 6.45. The molecule has 2 aromatic rings. The number of nitrogens with one attached hydrogen (secondary N) is 1. The summed E-state index contributed by atoms with van der Waals surface area (Å²) < 4.78 is 1.59. The highest BCUT2D eigenvalue weighted by Gasteiger charge is 2.38. The molecule has 1 aliphatic heterocycles. The van der Waals surface area contributed by atoms with E-state index in [2.05, 4.69) is 5.32 Å². The molecular weight excluding hydrogens is 356 g/mol. The molecule has 23 heavy (non-hydrogen) atoms. The van der Waals surface area contributed by atoms with Gasteiger partial charge in [-0.25, -0.2) is 4.31 Å². The van der Waals surface area contributed by atoms with Crippen LogP contribution in [0.15, 0.2) is 45.4 Å². The van der Waals surface area contributed by atoms with Crippen molar-refractivity contribution in [3.8, 4) is 0 Å². The van der Waals surface area contributed by atoms with E-state index in [1.165, 1.54) is 47.6 Å². The molecule has 0 radical (unpaired) electrons. The Labute approximate surface area is 145 Å². The monoisotopic (exact) mass is 366 g/mol. The lowest BCUT2D eigenvalue weighted by atomic mass is 10.1. The van der Waals surface area contributed by atoms with Gasteiger partial charge in [-0.05, 0) is 54.7 Å². The summed E-state index contributed by atoms with van der Waals surface area (Å²) >= 11 is 8.47. The number of anilines is 1. The number of fused-ring (bicyclic) bond motifs is 1. The Kier molecular flexibility index (Phi) is 4.54. The van der Waals surface area contributed by atoms with Gasteiger partial charge in [0.25, 0.3) is 5.91 Å². The second-order valence-electron chi connectivity index (χ2n) is 4.84. The Bertz CT molecular complexity index is 853. The molecule has 0 saturated carbocycles. The van der Waals surface area contributed by atoms with E-state index < -0.39 is 11.9 Å². The normalized spacial score (nSPS) is 17.7. The molecule has 2 heterocycles. The number of nitrogens with zero attached hydrogens (tertiary/aromatic N) is 1. The van der Waals surface area contributed by atoms with E-state index in [0.717, 1.165) is 4.90 Å². The summed E-state index contributed by atoms with van der Waals surface area (Å²) in [4.78, 5) is 38.4. The van der Waals surface area contributed by atoms with Crippen molar-refractivity contribution in [2.75, 3.05) is 12.4 Å². The lowest BCUT2D eigenvalue weighted by Gasteiger charge is -2.28. The van der Waals surface area contributed by atoms with E-state index in [-0.39, 0.29) is 16.9 Å². The highest BCUT2D eigenvalue weighted by molar-refractivity contribution is 7.97. The molecule has 1 atom stereocenters. The number of rotatable bonds is 2. The van der Waals surface area contributed by atoms with Crippen LogP contribution in [0.2, 0.25) is 5.02 Å². The van der Waals surface area contributed by atoms with Gasteiger partial charge in [-0.15, -0.1) is 11.3 Å². The predicted molar refractivity (Wildman–Crippen MR) is 92.4 cm³/mol. The molecule has 1 aliphatic rings. The lowest BCUT2D eigenvalue weighted by Crippen LogP contribution is -2.46. The van der Waals surface area contributed by atoms with Gasteiger partial charge in [0.2, 0.25) is 11.2 Å². The third-order valence-corrected chi connectivity index (χ3v) is 5.63. The highest BCUT2D eigenvalue weighted by atomic mass is 35.5. The summed E-state index contributed by atoms with van der Waals surface area (Å²) in [5, 5.41) is 4.73. The van der Waals surface area contributed by atoms with Gasteiger partial charge in [-0.2, -0.15) is 0 Å². The molecule has 3 rings (SSSR count). The quantitative estimate of drug-likeness (QED) is 0.654. The van der Waals surface area contributed by atoms with Gasteiger partial charge in [-0.1, -0.05) is 11.6 Å². The zero-order chi connectivity index (χ0) is 16.6. The third kappa shape index (κ3) is 3.18. The first-order valence-electron chi connectivity index (χ1n) is 6.60. The van der Waals surface area contributed by atoms with Crippen LogP contribution in [0.4, 0.5) is 5.69 Å². The first kappa shape index (κ1) is 16.2. The van der Waals surface area contributed by atoms with Crippen LogP contribution >= 0.6 is 34.9 Å². The average molecular weight is 367 g/mol. The summed E-state index contributed by atoms with van der Waals surface area (Å²) in [5.74, 6) is -0.803. The molecular formula is C15H11ClN2O3S2. The van der Waals surface area contributed by atoms with Crippen molar-refractivity contribution in [1.29, 1.82) is 0 Å². The Morgan fingerprint density at radius 2 is 1.96 bits per heavy atom. The van der Waals surface area contributed by atoms with Crippen LogP contribution in [0, 0.1) is 0 Å². The SMILES string of the molecule is CN1Sc2ccsc2C(=O)C1C(=O)Nc1ccc(Cl)ccc1=O. The van der Waals surface area contributed by atoms with Crippen molar-refractivity contribution in [3.05, 3.63) is 55.8 Å². The minimum atomic E-state index is -0.980. The molecule has 0 saturated heterocycles. The molecule has 1 unspecified atom stereocenters. The van der Waals surface area contributed by atoms with E-state index in [1.54, 1.807) is 11.4 Å². The molecule has 1 aromatic heterocycles. The summed E-state index contributed by atoms with van der Waals surface area (Å²) in [5.41, 5.74) is -0.286. The Hall–Kier alpha value is -1.67. The fourth-order valence-corrected chi connectivity index (χ4v) is 4.32. The molecule has 1 aromatic carbocycles. The van der Waals surface area contributed by atoms with Crippen molar-refractivity contribution in [1.82, 2.24) is 4.31 Å². The average Bonchev–Trinajstić information content (AvgIpc) is 2.91. The molecule has 0 fully saturated rings. The predicted octanol–water partition coefficient (Wildman–Crippen LogP) is 2.90. The largest absolute Gasteiger partial charge is 0.321 e. The first-order valence-corrected chi connectivity index (χ1v) is 8.64. The third-order valence-electron chi connectivity index (χ3n) is 3.28. The van der Waals surface area contributed by atoms with Crippen LogP contribution < -0.4 is 10.7 Å². The molecule has 0 aliphatic carbocycles. The summed E-state index contributed by atoms with van der Waals surface area (Å²) in [6.07, 6.45) is 0. The van der Waals surface area contributed by atoms with Crippen LogP contribution in [-0.2, 0) is 4.79 Å². The van der Waals surface area contributed by atoms with Crippen molar-refractivity contribution >= 4 is 52.3 Å². The van der Waals surface area contributed by atoms with Crippen molar-refractivity contribution in [2.24, 2.45) is 0 Å². The van der Waals surface area contributed by atoms with Gasteiger partial charge in [-0.3, -0.25) is 14.4 Å². The number of likely N-dealkylation sites (N-methyl/N-ethyl adjacent to an activating group) is 1. The molecule has 118 valence electrons. The van der Waals surface area contributed by atoms with Gasteiger partial charge in [0.1, 0.15) is 0 Å². The molecule has 0 spiro atoms. The van der Waals surface area contributed by atoms with E-state index >= 15 is 0 Å². The fraction of sp³-hybridized carbons (Fsp3) is 0.133.